The highest BCUT2D eigenvalue weighted by atomic mass is 16.5. The largest absolute Gasteiger partial charge is 0.490 e. The number of carbonyl (C=O) groups is 2. The van der Waals surface area contributed by atoms with Crippen molar-refractivity contribution in [1.29, 1.82) is 0 Å². The van der Waals surface area contributed by atoms with E-state index in [-0.39, 0.29) is 5.69 Å². The Labute approximate surface area is 152 Å². The Morgan fingerprint density at radius 2 is 1.81 bits per heavy atom. The summed E-state index contributed by atoms with van der Waals surface area (Å²) in [7, 11) is 0. The summed E-state index contributed by atoms with van der Waals surface area (Å²) in [6.45, 7) is 4.82. The number of aromatic nitrogens is 1. The fourth-order valence-electron chi connectivity index (χ4n) is 2.06. The number of nitrogens with one attached hydrogen (secondary N) is 2. The Morgan fingerprint density at radius 1 is 1.04 bits per heavy atom. The van der Waals surface area contributed by atoms with Gasteiger partial charge in [-0.3, -0.25) is 25.4 Å². The zero-order valence-electron chi connectivity index (χ0n) is 14.7. The van der Waals surface area contributed by atoms with E-state index in [0.29, 0.717) is 24.7 Å². The van der Waals surface area contributed by atoms with Crippen molar-refractivity contribution < 1.29 is 19.1 Å². The molecule has 2 amide bonds. The van der Waals surface area contributed by atoms with Gasteiger partial charge in [0.15, 0.2) is 11.5 Å². The predicted octanol–water partition coefficient (Wildman–Crippen LogP) is 2.35. The van der Waals surface area contributed by atoms with E-state index in [1.807, 2.05) is 19.9 Å². The Balaban J connectivity index is 1.94. The lowest BCUT2D eigenvalue weighted by Gasteiger charge is -2.11. The maximum Gasteiger partial charge on any atom is 0.288 e. The van der Waals surface area contributed by atoms with Gasteiger partial charge in [-0.05, 0) is 49.8 Å². The summed E-state index contributed by atoms with van der Waals surface area (Å²) in [5.74, 6) is 0.298. The number of hydrazine groups is 1. The van der Waals surface area contributed by atoms with Crippen LogP contribution < -0.4 is 20.3 Å². The molecule has 0 saturated heterocycles. The highest BCUT2D eigenvalue weighted by Crippen LogP contribution is 2.28. The molecule has 0 saturated carbocycles. The van der Waals surface area contributed by atoms with Crippen molar-refractivity contribution >= 4 is 17.9 Å². The number of hydrogen-bond donors (Lipinski definition) is 2. The second-order valence-corrected chi connectivity index (χ2v) is 5.06. The summed E-state index contributed by atoms with van der Waals surface area (Å²) in [6, 6.07) is 10.3. The normalized spacial score (nSPS) is 10.4. The van der Waals surface area contributed by atoms with Crippen LogP contribution in [0.5, 0.6) is 11.5 Å². The Bertz CT molecular complexity index is 776. The standard InChI is InChI=1S/C19H21N3O4/c1-3-25-16-10-8-14(13-17(16)26-4-2)9-11-18(23)21-22-19(24)15-7-5-6-12-20-15/h5-13H,3-4H2,1-2H3,(H,21,23)(H,22,24)/b11-9+. The average molecular weight is 355 g/mol. The summed E-state index contributed by atoms with van der Waals surface area (Å²) in [6.07, 6.45) is 4.42. The third-order valence-electron chi connectivity index (χ3n) is 3.19. The van der Waals surface area contributed by atoms with Gasteiger partial charge < -0.3 is 9.47 Å². The first-order chi connectivity index (χ1) is 12.6. The van der Waals surface area contributed by atoms with Gasteiger partial charge in [0.05, 0.1) is 13.2 Å². The van der Waals surface area contributed by atoms with Crippen molar-refractivity contribution in [3.63, 3.8) is 0 Å². The van der Waals surface area contributed by atoms with Gasteiger partial charge in [-0.1, -0.05) is 12.1 Å². The maximum absolute atomic E-state index is 11.8. The number of rotatable bonds is 7. The third-order valence-corrected chi connectivity index (χ3v) is 3.19. The molecule has 0 unspecified atom stereocenters. The molecule has 7 nitrogen and oxygen atoms in total. The maximum atomic E-state index is 11.8. The SMILES string of the molecule is CCOc1ccc(/C=C/C(=O)NNC(=O)c2ccccn2)cc1OCC. The number of amides is 2. The van der Waals surface area contributed by atoms with E-state index in [9.17, 15) is 9.59 Å². The Kier molecular flexibility index (Phi) is 7.17. The molecule has 0 fully saturated rings. The molecular formula is C19H21N3O4. The second kappa shape index (κ2) is 9.83. The number of carbonyl (C=O) groups excluding carboxylic acids is 2. The van der Waals surface area contributed by atoms with Crippen LogP contribution in [0, 0.1) is 0 Å². The first kappa shape index (κ1) is 19.0. The van der Waals surface area contributed by atoms with E-state index >= 15 is 0 Å². The van der Waals surface area contributed by atoms with E-state index in [1.165, 1.54) is 12.3 Å². The van der Waals surface area contributed by atoms with Gasteiger partial charge in [0.1, 0.15) is 5.69 Å². The number of pyridine rings is 1. The van der Waals surface area contributed by atoms with Gasteiger partial charge >= 0.3 is 0 Å². The first-order valence-corrected chi connectivity index (χ1v) is 8.23. The average Bonchev–Trinajstić information content (AvgIpc) is 2.67. The molecule has 136 valence electrons. The molecule has 0 radical (unpaired) electrons. The van der Waals surface area contributed by atoms with E-state index in [4.69, 9.17) is 9.47 Å². The predicted molar refractivity (Wildman–Crippen MR) is 97.7 cm³/mol. The minimum absolute atomic E-state index is 0.213. The zero-order chi connectivity index (χ0) is 18.8. The molecule has 0 atom stereocenters. The highest BCUT2D eigenvalue weighted by Gasteiger charge is 2.07. The van der Waals surface area contributed by atoms with Crippen LogP contribution >= 0.6 is 0 Å². The van der Waals surface area contributed by atoms with E-state index < -0.39 is 11.8 Å². The molecule has 7 heteroatoms. The lowest BCUT2D eigenvalue weighted by molar-refractivity contribution is -0.117. The Hall–Kier alpha value is -3.35. The van der Waals surface area contributed by atoms with Gasteiger partial charge in [-0.15, -0.1) is 0 Å². The van der Waals surface area contributed by atoms with Crippen molar-refractivity contribution in [2.24, 2.45) is 0 Å². The molecule has 0 aliphatic heterocycles. The molecule has 2 aromatic rings. The topological polar surface area (TPSA) is 89.6 Å². The summed E-state index contributed by atoms with van der Waals surface area (Å²) < 4.78 is 11.0. The van der Waals surface area contributed by atoms with Crippen molar-refractivity contribution in [3.8, 4) is 11.5 Å². The molecule has 2 rings (SSSR count). The number of ether oxygens (including phenoxy) is 2. The van der Waals surface area contributed by atoms with Gasteiger partial charge in [0.25, 0.3) is 11.8 Å². The van der Waals surface area contributed by atoms with E-state index in [0.717, 1.165) is 5.56 Å². The van der Waals surface area contributed by atoms with Crippen molar-refractivity contribution in [1.82, 2.24) is 15.8 Å². The van der Waals surface area contributed by atoms with Crippen LogP contribution in [-0.2, 0) is 4.79 Å². The lowest BCUT2D eigenvalue weighted by Crippen LogP contribution is -2.41. The smallest absolute Gasteiger partial charge is 0.288 e. The van der Waals surface area contributed by atoms with Crippen LogP contribution in [0.15, 0.2) is 48.7 Å². The molecule has 0 spiro atoms. The van der Waals surface area contributed by atoms with Crippen molar-refractivity contribution in [3.05, 3.63) is 59.9 Å². The summed E-state index contributed by atoms with van der Waals surface area (Å²) in [4.78, 5) is 27.5. The van der Waals surface area contributed by atoms with Crippen LogP contribution in [0.2, 0.25) is 0 Å². The van der Waals surface area contributed by atoms with Crippen LogP contribution in [0.25, 0.3) is 6.08 Å². The van der Waals surface area contributed by atoms with Crippen LogP contribution in [-0.4, -0.2) is 30.0 Å². The van der Waals surface area contributed by atoms with E-state index in [2.05, 4.69) is 15.8 Å². The molecule has 0 aliphatic rings. The van der Waals surface area contributed by atoms with Crippen molar-refractivity contribution in [2.75, 3.05) is 13.2 Å². The lowest BCUT2D eigenvalue weighted by atomic mass is 10.2. The fourth-order valence-corrected chi connectivity index (χ4v) is 2.06. The summed E-state index contributed by atoms with van der Waals surface area (Å²) in [5, 5.41) is 0. The number of hydrogen-bond acceptors (Lipinski definition) is 5. The van der Waals surface area contributed by atoms with Crippen LogP contribution in [0.3, 0.4) is 0 Å². The second-order valence-electron chi connectivity index (χ2n) is 5.06. The Morgan fingerprint density at radius 3 is 2.50 bits per heavy atom. The monoisotopic (exact) mass is 355 g/mol. The zero-order valence-corrected chi connectivity index (χ0v) is 14.7. The molecule has 1 aromatic heterocycles. The molecule has 26 heavy (non-hydrogen) atoms. The van der Waals surface area contributed by atoms with Crippen LogP contribution in [0.4, 0.5) is 0 Å². The summed E-state index contributed by atoms with van der Waals surface area (Å²) >= 11 is 0. The molecule has 0 bridgehead atoms. The number of nitrogens with zero attached hydrogens (tertiary/aromatic N) is 1. The van der Waals surface area contributed by atoms with Gasteiger partial charge in [-0.2, -0.15) is 0 Å². The van der Waals surface area contributed by atoms with E-state index in [1.54, 1.807) is 36.4 Å². The molecule has 0 aliphatic carbocycles. The quantitative estimate of drug-likeness (QED) is 0.588. The van der Waals surface area contributed by atoms with Gasteiger partial charge in [0.2, 0.25) is 0 Å². The molecule has 1 aromatic carbocycles. The summed E-state index contributed by atoms with van der Waals surface area (Å²) in [5.41, 5.74) is 5.58. The molecular weight excluding hydrogens is 334 g/mol. The minimum atomic E-state index is -0.493. The van der Waals surface area contributed by atoms with Crippen LogP contribution in [0.1, 0.15) is 29.9 Å². The van der Waals surface area contributed by atoms with Crippen molar-refractivity contribution in [2.45, 2.75) is 13.8 Å². The minimum Gasteiger partial charge on any atom is -0.490 e. The number of benzene rings is 1. The fraction of sp³-hybridized carbons (Fsp3) is 0.211. The van der Waals surface area contributed by atoms with Gasteiger partial charge in [0, 0.05) is 12.3 Å². The molecule has 2 N–H and O–H groups in total. The molecule has 1 heterocycles. The highest BCUT2D eigenvalue weighted by molar-refractivity contribution is 5.96. The van der Waals surface area contributed by atoms with Gasteiger partial charge in [-0.25, -0.2) is 0 Å². The first-order valence-electron chi connectivity index (χ1n) is 8.23. The third kappa shape index (κ3) is 5.62.